The first-order valence-electron chi connectivity index (χ1n) is 11.0. The van der Waals surface area contributed by atoms with Crippen LogP contribution < -0.4 is 5.32 Å². The average Bonchev–Trinajstić information content (AvgIpc) is 3.21. The summed E-state index contributed by atoms with van der Waals surface area (Å²) in [5.41, 5.74) is 3.71. The van der Waals surface area contributed by atoms with E-state index in [-0.39, 0.29) is 17.7 Å². The molecule has 1 atom stereocenters. The number of hydrogen-bond donors (Lipinski definition) is 2. The van der Waals surface area contributed by atoms with Crippen molar-refractivity contribution in [3.05, 3.63) is 65.5 Å². The number of piperidine rings is 1. The van der Waals surface area contributed by atoms with Gasteiger partial charge >= 0.3 is 0 Å². The smallest absolute Gasteiger partial charge is 0.251 e. The minimum atomic E-state index is -0.531. The quantitative estimate of drug-likeness (QED) is 0.657. The second kappa shape index (κ2) is 8.92. The second-order valence-electron chi connectivity index (χ2n) is 8.80. The molecule has 1 fully saturated rings. The molecule has 4 rings (SSSR count). The number of hydrogen-bond acceptors (Lipinski definition) is 3. The van der Waals surface area contributed by atoms with Gasteiger partial charge in [-0.2, -0.15) is 0 Å². The van der Waals surface area contributed by atoms with Gasteiger partial charge in [0.2, 0.25) is 5.91 Å². The lowest BCUT2D eigenvalue weighted by molar-refractivity contribution is -0.135. The monoisotopic (exact) mass is 418 g/mol. The fourth-order valence-electron chi connectivity index (χ4n) is 4.18. The molecule has 0 radical (unpaired) electrons. The molecular weight excluding hydrogens is 388 g/mol. The van der Waals surface area contributed by atoms with Gasteiger partial charge in [-0.1, -0.05) is 43.7 Å². The molecule has 0 saturated carbocycles. The third-order valence-corrected chi connectivity index (χ3v) is 6.13. The zero-order valence-corrected chi connectivity index (χ0v) is 18.4. The maximum atomic E-state index is 13.2. The lowest BCUT2D eigenvalue weighted by atomic mass is 9.94. The molecule has 0 spiro atoms. The number of aryl methyl sites for hydroxylation is 1. The fourth-order valence-corrected chi connectivity index (χ4v) is 4.18. The van der Waals surface area contributed by atoms with Crippen LogP contribution in [0.25, 0.3) is 11.0 Å². The predicted octanol–water partition coefficient (Wildman–Crippen LogP) is 4.03. The normalized spacial score (nSPS) is 15.9. The molecule has 3 aromatic rings. The van der Waals surface area contributed by atoms with Crippen LogP contribution in [-0.2, 0) is 4.79 Å². The molecule has 2 heterocycles. The number of benzene rings is 2. The highest BCUT2D eigenvalue weighted by molar-refractivity contribution is 5.97. The number of rotatable bonds is 5. The summed E-state index contributed by atoms with van der Waals surface area (Å²) in [6.45, 7) is 7.27. The highest BCUT2D eigenvalue weighted by Gasteiger charge is 2.32. The van der Waals surface area contributed by atoms with E-state index in [0.717, 1.165) is 35.3 Å². The summed E-state index contributed by atoms with van der Waals surface area (Å²) in [6, 6.07) is 14.9. The van der Waals surface area contributed by atoms with E-state index in [4.69, 9.17) is 4.98 Å². The van der Waals surface area contributed by atoms with Crippen molar-refractivity contribution in [2.24, 2.45) is 5.92 Å². The predicted molar refractivity (Wildman–Crippen MR) is 122 cm³/mol. The molecule has 2 N–H and O–H groups in total. The number of aromatic amines is 1. The summed E-state index contributed by atoms with van der Waals surface area (Å²) in [4.78, 5) is 36.0. The van der Waals surface area contributed by atoms with Gasteiger partial charge in [-0.25, -0.2) is 4.98 Å². The van der Waals surface area contributed by atoms with Gasteiger partial charge in [-0.15, -0.1) is 0 Å². The second-order valence-corrected chi connectivity index (χ2v) is 8.80. The Bertz CT molecular complexity index is 1030. The van der Waals surface area contributed by atoms with Crippen LogP contribution >= 0.6 is 0 Å². The third-order valence-electron chi connectivity index (χ3n) is 6.13. The van der Waals surface area contributed by atoms with Gasteiger partial charge < -0.3 is 15.2 Å². The molecule has 2 amide bonds. The maximum absolute atomic E-state index is 13.2. The zero-order chi connectivity index (χ0) is 22.0. The topological polar surface area (TPSA) is 78.1 Å². The van der Waals surface area contributed by atoms with Gasteiger partial charge in [0, 0.05) is 24.6 Å². The lowest BCUT2D eigenvalue weighted by Gasteiger charge is -2.35. The Kier molecular flexibility index (Phi) is 6.07. The van der Waals surface area contributed by atoms with Crippen molar-refractivity contribution in [3.8, 4) is 0 Å². The largest absolute Gasteiger partial charge is 0.342 e. The first-order chi connectivity index (χ1) is 14.9. The summed E-state index contributed by atoms with van der Waals surface area (Å²) in [6.07, 6.45) is 1.73. The molecule has 0 aliphatic carbocycles. The number of nitrogens with zero attached hydrogens (tertiary/aromatic N) is 2. The Hall–Kier alpha value is -3.15. The molecule has 6 nitrogen and oxygen atoms in total. The Morgan fingerprint density at radius 2 is 1.74 bits per heavy atom. The number of carbonyl (C=O) groups excluding carboxylic acids is 2. The van der Waals surface area contributed by atoms with Crippen LogP contribution in [0, 0.1) is 12.8 Å². The average molecular weight is 419 g/mol. The number of likely N-dealkylation sites (tertiary alicyclic amines) is 1. The first kappa shape index (κ1) is 21.1. The summed E-state index contributed by atoms with van der Waals surface area (Å²) in [5, 5.41) is 2.96. The molecule has 0 bridgehead atoms. The van der Waals surface area contributed by atoms with E-state index >= 15 is 0 Å². The van der Waals surface area contributed by atoms with Gasteiger partial charge in [0.15, 0.2) is 0 Å². The standard InChI is InChI=1S/C25H30N4O2/c1-16(2)22(28-24(30)19-10-8-17(3)9-11-19)25(31)29-14-12-18(13-15-29)23-26-20-6-4-5-7-21(20)27-23/h4-11,16,18,22H,12-15H2,1-3H3,(H,26,27)(H,28,30). The lowest BCUT2D eigenvalue weighted by Crippen LogP contribution is -2.52. The first-order valence-corrected chi connectivity index (χ1v) is 11.0. The van der Waals surface area contributed by atoms with Crippen LogP contribution in [0.2, 0.25) is 0 Å². The van der Waals surface area contributed by atoms with Crippen molar-refractivity contribution in [1.29, 1.82) is 0 Å². The Morgan fingerprint density at radius 1 is 1.06 bits per heavy atom. The molecule has 1 aliphatic heterocycles. The van der Waals surface area contributed by atoms with Crippen LogP contribution in [0.5, 0.6) is 0 Å². The number of amides is 2. The minimum absolute atomic E-state index is 0.00137. The highest BCUT2D eigenvalue weighted by Crippen LogP contribution is 2.28. The molecule has 1 unspecified atom stereocenters. The molecule has 1 saturated heterocycles. The van der Waals surface area contributed by atoms with Crippen molar-refractivity contribution in [3.63, 3.8) is 0 Å². The molecule has 1 aromatic heterocycles. The highest BCUT2D eigenvalue weighted by atomic mass is 16.2. The van der Waals surface area contributed by atoms with Crippen molar-refractivity contribution < 1.29 is 9.59 Å². The number of carbonyl (C=O) groups is 2. The van der Waals surface area contributed by atoms with Crippen molar-refractivity contribution in [1.82, 2.24) is 20.2 Å². The number of para-hydroxylation sites is 2. The fraction of sp³-hybridized carbons (Fsp3) is 0.400. The van der Waals surface area contributed by atoms with E-state index in [9.17, 15) is 9.59 Å². The van der Waals surface area contributed by atoms with Crippen LogP contribution in [0.4, 0.5) is 0 Å². The molecule has 2 aromatic carbocycles. The molecule has 6 heteroatoms. The number of aromatic nitrogens is 2. The van der Waals surface area contributed by atoms with Gasteiger partial charge in [0.1, 0.15) is 11.9 Å². The molecule has 1 aliphatic rings. The van der Waals surface area contributed by atoms with E-state index in [1.807, 2.05) is 62.1 Å². The van der Waals surface area contributed by atoms with E-state index in [1.54, 1.807) is 12.1 Å². The summed E-state index contributed by atoms with van der Waals surface area (Å²) in [7, 11) is 0. The van der Waals surface area contributed by atoms with Gasteiger partial charge in [-0.05, 0) is 49.9 Å². The maximum Gasteiger partial charge on any atom is 0.251 e. The zero-order valence-electron chi connectivity index (χ0n) is 18.4. The minimum Gasteiger partial charge on any atom is -0.342 e. The van der Waals surface area contributed by atoms with E-state index < -0.39 is 6.04 Å². The summed E-state index contributed by atoms with van der Waals surface area (Å²) < 4.78 is 0. The Labute approximate surface area is 183 Å². The van der Waals surface area contributed by atoms with Crippen LogP contribution in [-0.4, -0.2) is 45.8 Å². The number of H-pyrrole nitrogens is 1. The Morgan fingerprint density at radius 3 is 2.39 bits per heavy atom. The van der Waals surface area contributed by atoms with E-state index in [0.29, 0.717) is 24.6 Å². The molecular formula is C25H30N4O2. The third kappa shape index (κ3) is 4.63. The molecule has 162 valence electrons. The van der Waals surface area contributed by atoms with Crippen LogP contribution in [0.3, 0.4) is 0 Å². The van der Waals surface area contributed by atoms with Crippen LogP contribution in [0.1, 0.15) is 54.4 Å². The summed E-state index contributed by atoms with van der Waals surface area (Å²) >= 11 is 0. The summed E-state index contributed by atoms with van der Waals surface area (Å²) in [5.74, 6) is 1.12. The van der Waals surface area contributed by atoms with Crippen LogP contribution in [0.15, 0.2) is 48.5 Å². The van der Waals surface area contributed by atoms with Gasteiger partial charge in [0.25, 0.3) is 5.91 Å². The van der Waals surface area contributed by atoms with Gasteiger partial charge in [0.05, 0.1) is 11.0 Å². The SMILES string of the molecule is Cc1ccc(C(=O)NC(C(=O)N2CCC(c3nc4ccccc4[nH]3)CC2)C(C)C)cc1. The number of fused-ring (bicyclic) bond motifs is 1. The van der Waals surface area contributed by atoms with E-state index in [2.05, 4.69) is 10.3 Å². The van der Waals surface area contributed by atoms with E-state index in [1.165, 1.54) is 0 Å². The van der Waals surface area contributed by atoms with Crippen molar-refractivity contribution in [2.75, 3.05) is 13.1 Å². The molecule has 31 heavy (non-hydrogen) atoms. The number of nitrogens with one attached hydrogen (secondary N) is 2. The van der Waals surface area contributed by atoms with Gasteiger partial charge in [-0.3, -0.25) is 9.59 Å². The Balaban J connectivity index is 1.39. The van der Waals surface area contributed by atoms with Crippen molar-refractivity contribution >= 4 is 22.8 Å². The number of imidazole rings is 1. The van der Waals surface area contributed by atoms with Crippen molar-refractivity contribution in [2.45, 2.75) is 45.6 Å².